The van der Waals surface area contributed by atoms with Crippen LogP contribution in [0.5, 0.6) is 11.5 Å². The van der Waals surface area contributed by atoms with Gasteiger partial charge < -0.3 is 25.2 Å². The predicted molar refractivity (Wildman–Crippen MR) is 90.2 cm³/mol. The highest BCUT2D eigenvalue weighted by Crippen LogP contribution is 2.35. The van der Waals surface area contributed by atoms with Gasteiger partial charge in [0.2, 0.25) is 6.79 Å². The van der Waals surface area contributed by atoms with Crippen LogP contribution in [0.3, 0.4) is 0 Å². The van der Waals surface area contributed by atoms with Gasteiger partial charge in [-0.2, -0.15) is 0 Å². The van der Waals surface area contributed by atoms with Crippen LogP contribution in [0.4, 0.5) is 5.69 Å². The molecule has 0 fully saturated rings. The first-order chi connectivity index (χ1) is 12.0. The van der Waals surface area contributed by atoms with E-state index in [0.29, 0.717) is 22.7 Å². The number of carbonyl (C=O) groups is 2. The Morgan fingerprint density at radius 1 is 1.08 bits per heavy atom. The van der Waals surface area contributed by atoms with Crippen molar-refractivity contribution in [3.8, 4) is 11.5 Å². The minimum absolute atomic E-state index is 0.131. The Labute approximate surface area is 144 Å². The highest BCUT2D eigenvalue weighted by Gasteiger charge is 2.27. The van der Waals surface area contributed by atoms with Gasteiger partial charge in [-0.15, -0.1) is 0 Å². The molecule has 25 heavy (non-hydrogen) atoms. The third-order valence-electron chi connectivity index (χ3n) is 3.83. The second kappa shape index (κ2) is 6.82. The van der Waals surface area contributed by atoms with E-state index >= 15 is 0 Å². The van der Waals surface area contributed by atoms with Gasteiger partial charge in [-0.05, 0) is 36.8 Å². The van der Waals surface area contributed by atoms with Crippen molar-refractivity contribution in [1.29, 1.82) is 0 Å². The van der Waals surface area contributed by atoms with E-state index in [9.17, 15) is 14.7 Å². The standard InChI is InChI=1S/C18H18N2O5/c1-18(23,12-7-8-14-15(9-12)25-11-24-14)10-19-16(21)17(22)20-13-5-3-2-4-6-13/h2-9,23H,10-11H2,1H3,(H,19,21)(H,20,22). The Hall–Kier alpha value is -3.06. The normalized spacial score (nSPS) is 14.5. The summed E-state index contributed by atoms with van der Waals surface area (Å²) in [6.07, 6.45) is 0. The lowest BCUT2D eigenvalue weighted by Gasteiger charge is -2.24. The summed E-state index contributed by atoms with van der Waals surface area (Å²) in [5.41, 5.74) is -0.311. The van der Waals surface area contributed by atoms with Gasteiger partial charge in [0.25, 0.3) is 0 Å². The number of benzene rings is 2. The van der Waals surface area contributed by atoms with Crippen molar-refractivity contribution >= 4 is 17.5 Å². The van der Waals surface area contributed by atoms with E-state index in [2.05, 4.69) is 10.6 Å². The molecule has 3 rings (SSSR count). The minimum Gasteiger partial charge on any atom is -0.454 e. The Balaban J connectivity index is 1.59. The summed E-state index contributed by atoms with van der Waals surface area (Å²) in [5, 5.41) is 15.5. The number of carbonyl (C=O) groups excluding carboxylic acids is 2. The fourth-order valence-electron chi connectivity index (χ4n) is 2.38. The van der Waals surface area contributed by atoms with Crippen molar-refractivity contribution in [2.24, 2.45) is 0 Å². The van der Waals surface area contributed by atoms with E-state index in [1.165, 1.54) is 0 Å². The summed E-state index contributed by atoms with van der Waals surface area (Å²) in [6.45, 7) is 1.55. The zero-order valence-corrected chi connectivity index (χ0v) is 13.6. The summed E-state index contributed by atoms with van der Waals surface area (Å²) in [4.78, 5) is 23.8. The van der Waals surface area contributed by atoms with Gasteiger partial charge in [-0.3, -0.25) is 9.59 Å². The number of hydrogen-bond donors (Lipinski definition) is 3. The summed E-state index contributed by atoms with van der Waals surface area (Å²) in [7, 11) is 0. The number of rotatable bonds is 4. The lowest BCUT2D eigenvalue weighted by molar-refractivity contribution is -0.136. The Morgan fingerprint density at radius 2 is 1.80 bits per heavy atom. The average molecular weight is 342 g/mol. The van der Waals surface area contributed by atoms with Crippen LogP contribution in [0.1, 0.15) is 12.5 Å². The summed E-state index contributed by atoms with van der Waals surface area (Å²) in [5.74, 6) is -0.491. The van der Waals surface area contributed by atoms with Gasteiger partial charge in [0.05, 0.1) is 6.54 Å². The van der Waals surface area contributed by atoms with Crippen LogP contribution in [0.15, 0.2) is 48.5 Å². The van der Waals surface area contributed by atoms with Gasteiger partial charge in [0.1, 0.15) is 5.60 Å². The van der Waals surface area contributed by atoms with E-state index in [1.54, 1.807) is 55.5 Å². The van der Waals surface area contributed by atoms with Crippen LogP contribution in [-0.4, -0.2) is 30.3 Å². The number of hydrogen-bond acceptors (Lipinski definition) is 5. The lowest BCUT2D eigenvalue weighted by Crippen LogP contribution is -2.43. The van der Waals surface area contributed by atoms with E-state index in [4.69, 9.17) is 9.47 Å². The molecule has 0 radical (unpaired) electrons. The van der Waals surface area contributed by atoms with Crippen molar-refractivity contribution in [2.75, 3.05) is 18.7 Å². The first-order valence-electron chi connectivity index (χ1n) is 7.72. The maximum atomic E-state index is 11.9. The molecule has 0 bridgehead atoms. The second-order valence-electron chi connectivity index (χ2n) is 5.84. The fraction of sp³-hybridized carbons (Fsp3) is 0.222. The average Bonchev–Trinajstić information content (AvgIpc) is 3.08. The lowest BCUT2D eigenvalue weighted by atomic mass is 9.95. The monoisotopic (exact) mass is 342 g/mol. The highest BCUT2D eigenvalue weighted by atomic mass is 16.7. The number of amides is 2. The molecular formula is C18H18N2O5. The van der Waals surface area contributed by atoms with E-state index in [0.717, 1.165) is 0 Å². The number of para-hydroxylation sites is 1. The molecule has 7 heteroatoms. The largest absolute Gasteiger partial charge is 0.454 e. The molecule has 1 atom stereocenters. The number of fused-ring (bicyclic) bond motifs is 1. The Kier molecular flexibility index (Phi) is 4.58. The van der Waals surface area contributed by atoms with Crippen LogP contribution in [0, 0.1) is 0 Å². The first-order valence-corrected chi connectivity index (χ1v) is 7.72. The molecule has 2 aromatic rings. The van der Waals surface area contributed by atoms with Crippen LogP contribution in [0.2, 0.25) is 0 Å². The predicted octanol–water partition coefficient (Wildman–Crippen LogP) is 1.38. The molecule has 1 aliphatic heterocycles. The molecule has 2 amide bonds. The molecule has 1 heterocycles. The summed E-state index contributed by atoms with van der Waals surface area (Å²) in [6, 6.07) is 13.7. The molecule has 0 aromatic heterocycles. The van der Waals surface area contributed by atoms with Gasteiger partial charge >= 0.3 is 11.8 Å². The number of ether oxygens (including phenoxy) is 2. The topological polar surface area (TPSA) is 96.9 Å². The maximum Gasteiger partial charge on any atom is 0.313 e. The van der Waals surface area contributed by atoms with Crippen molar-refractivity contribution in [3.05, 3.63) is 54.1 Å². The van der Waals surface area contributed by atoms with Crippen molar-refractivity contribution < 1.29 is 24.2 Å². The maximum absolute atomic E-state index is 11.9. The fourth-order valence-corrected chi connectivity index (χ4v) is 2.38. The molecule has 7 nitrogen and oxygen atoms in total. The van der Waals surface area contributed by atoms with Crippen LogP contribution < -0.4 is 20.1 Å². The Morgan fingerprint density at radius 3 is 2.56 bits per heavy atom. The molecule has 130 valence electrons. The molecule has 3 N–H and O–H groups in total. The van der Waals surface area contributed by atoms with Gasteiger partial charge in [0, 0.05) is 5.69 Å². The molecule has 2 aromatic carbocycles. The zero-order valence-electron chi connectivity index (χ0n) is 13.6. The van der Waals surface area contributed by atoms with Gasteiger partial charge in [-0.1, -0.05) is 24.3 Å². The zero-order chi connectivity index (χ0) is 17.9. The molecule has 1 unspecified atom stereocenters. The van der Waals surface area contributed by atoms with Crippen LogP contribution >= 0.6 is 0 Å². The minimum atomic E-state index is -1.37. The molecule has 1 aliphatic rings. The van der Waals surface area contributed by atoms with Crippen LogP contribution in [0.25, 0.3) is 0 Å². The van der Waals surface area contributed by atoms with Crippen molar-refractivity contribution in [3.63, 3.8) is 0 Å². The third-order valence-corrected chi connectivity index (χ3v) is 3.83. The summed E-state index contributed by atoms with van der Waals surface area (Å²) >= 11 is 0. The number of aliphatic hydroxyl groups is 1. The highest BCUT2D eigenvalue weighted by molar-refractivity contribution is 6.39. The van der Waals surface area contributed by atoms with Gasteiger partial charge in [-0.25, -0.2) is 0 Å². The van der Waals surface area contributed by atoms with Crippen LogP contribution in [-0.2, 0) is 15.2 Å². The molecule has 0 saturated heterocycles. The quantitative estimate of drug-likeness (QED) is 0.730. The smallest absolute Gasteiger partial charge is 0.313 e. The second-order valence-corrected chi connectivity index (χ2v) is 5.84. The Bertz CT molecular complexity index is 789. The summed E-state index contributed by atoms with van der Waals surface area (Å²) < 4.78 is 10.5. The van der Waals surface area contributed by atoms with E-state index in [1.807, 2.05) is 0 Å². The SMILES string of the molecule is CC(O)(CNC(=O)C(=O)Nc1ccccc1)c1ccc2c(c1)OCO2. The third kappa shape index (κ3) is 3.89. The molecule has 0 saturated carbocycles. The number of anilines is 1. The number of nitrogens with one attached hydrogen (secondary N) is 2. The van der Waals surface area contributed by atoms with Gasteiger partial charge in [0.15, 0.2) is 11.5 Å². The molecule has 0 aliphatic carbocycles. The van der Waals surface area contributed by atoms with Crippen molar-refractivity contribution in [2.45, 2.75) is 12.5 Å². The van der Waals surface area contributed by atoms with Crippen molar-refractivity contribution in [1.82, 2.24) is 5.32 Å². The first kappa shape index (κ1) is 16.8. The van der Waals surface area contributed by atoms with E-state index < -0.39 is 17.4 Å². The molecular weight excluding hydrogens is 324 g/mol. The van der Waals surface area contributed by atoms with E-state index in [-0.39, 0.29) is 13.3 Å². The molecule has 0 spiro atoms.